The van der Waals surface area contributed by atoms with Crippen LogP contribution >= 0.6 is 0 Å². The van der Waals surface area contributed by atoms with Crippen LogP contribution in [0.15, 0.2) is 47.1 Å². The highest BCUT2D eigenvalue weighted by Gasteiger charge is 2.35. The van der Waals surface area contributed by atoms with E-state index in [2.05, 4.69) is 0 Å². The third-order valence-corrected chi connectivity index (χ3v) is 5.28. The lowest BCUT2D eigenvalue weighted by molar-refractivity contribution is -0.150. The Bertz CT molecular complexity index is 909. The summed E-state index contributed by atoms with van der Waals surface area (Å²) in [7, 11) is 0. The Morgan fingerprint density at radius 1 is 1.00 bits per heavy atom. The first-order valence-corrected chi connectivity index (χ1v) is 9.51. The van der Waals surface area contributed by atoms with E-state index in [9.17, 15) is 19.2 Å². The van der Waals surface area contributed by atoms with Crippen molar-refractivity contribution in [2.24, 2.45) is 5.92 Å². The third-order valence-electron chi connectivity index (χ3n) is 5.28. The fraction of sp³-hybridized carbons (Fsp3) is 0.333. The summed E-state index contributed by atoms with van der Waals surface area (Å²) in [5.41, 5.74) is 0.745. The lowest BCUT2D eigenvalue weighted by Gasteiger charge is -2.30. The molecule has 0 unspecified atom stereocenters. The van der Waals surface area contributed by atoms with Crippen molar-refractivity contribution in [3.63, 3.8) is 0 Å². The average molecular weight is 396 g/mol. The molecule has 0 radical (unpaired) electrons. The van der Waals surface area contributed by atoms with E-state index in [-0.39, 0.29) is 48.5 Å². The van der Waals surface area contributed by atoms with Crippen molar-refractivity contribution < 1.29 is 28.3 Å². The van der Waals surface area contributed by atoms with Gasteiger partial charge in [-0.3, -0.25) is 24.1 Å². The number of esters is 1. The van der Waals surface area contributed by atoms with Gasteiger partial charge in [-0.25, -0.2) is 0 Å². The standard InChI is InChI=1S/C21H20N2O6/c24-18-15-4-1-2-5-16(15)19(25)23(18)11-13-29-21(27)14-7-9-22(10-8-14)20(26)17-6-3-12-28-17/h1-6,12,14H,7-11,13H2. The predicted molar refractivity (Wildman–Crippen MR) is 100 cm³/mol. The quantitative estimate of drug-likeness (QED) is 0.566. The van der Waals surface area contributed by atoms with Gasteiger partial charge in [0, 0.05) is 13.1 Å². The number of fused-ring (bicyclic) bond motifs is 1. The molecule has 2 aromatic rings. The van der Waals surface area contributed by atoms with Crippen molar-refractivity contribution in [2.45, 2.75) is 12.8 Å². The Labute approximate surface area is 167 Å². The molecule has 0 aliphatic carbocycles. The normalized spacial score (nSPS) is 16.8. The van der Waals surface area contributed by atoms with Crippen LogP contribution in [0.3, 0.4) is 0 Å². The Hall–Kier alpha value is -3.42. The summed E-state index contributed by atoms with van der Waals surface area (Å²) in [5.74, 6) is -1.32. The number of likely N-dealkylation sites (tertiary alicyclic amines) is 1. The van der Waals surface area contributed by atoms with E-state index in [1.54, 1.807) is 41.3 Å². The summed E-state index contributed by atoms with van der Waals surface area (Å²) in [5, 5.41) is 0. The van der Waals surface area contributed by atoms with E-state index < -0.39 is 0 Å². The second-order valence-corrected chi connectivity index (χ2v) is 7.02. The Kier molecular flexibility index (Phi) is 5.16. The Balaban J connectivity index is 1.24. The molecule has 150 valence electrons. The zero-order valence-electron chi connectivity index (χ0n) is 15.7. The Morgan fingerprint density at radius 3 is 2.24 bits per heavy atom. The van der Waals surface area contributed by atoms with Gasteiger partial charge in [0.1, 0.15) is 6.61 Å². The number of furan rings is 1. The fourth-order valence-corrected chi connectivity index (χ4v) is 3.67. The lowest BCUT2D eigenvalue weighted by atomic mass is 9.97. The van der Waals surface area contributed by atoms with Crippen LogP contribution in [-0.2, 0) is 9.53 Å². The number of carbonyl (C=O) groups is 4. The molecule has 1 saturated heterocycles. The molecule has 2 aliphatic heterocycles. The number of imide groups is 1. The van der Waals surface area contributed by atoms with Crippen molar-refractivity contribution in [2.75, 3.05) is 26.2 Å². The van der Waals surface area contributed by atoms with Gasteiger partial charge < -0.3 is 14.1 Å². The van der Waals surface area contributed by atoms with Crippen molar-refractivity contribution in [1.29, 1.82) is 0 Å². The second kappa shape index (κ2) is 7.90. The van der Waals surface area contributed by atoms with Crippen LogP contribution in [0.4, 0.5) is 0 Å². The number of amides is 3. The molecular weight excluding hydrogens is 376 g/mol. The molecule has 1 fully saturated rings. The summed E-state index contributed by atoms with van der Waals surface area (Å²) in [6.45, 7) is 0.860. The predicted octanol–water partition coefficient (Wildman–Crippen LogP) is 1.97. The molecule has 4 rings (SSSR count). The highest BCUT2D eigenvalue weighted by Crippen LogP contribution is 2.23. The molecule has 8 nitrogen and oxygen atoms in total. The fourth-order valence-electron chi connectivity index (χ4n) is 3.67. The highest BCUT2D eigenvalue weighted by atomic mass is 16.5. The number of hydrogen-bond donors (Lipinski definition) is 0. The smallest absolute Gasteiger partial charge is 0.309 e. The Morgan fingerprint density at radius 2 is 1.66 bits per heavy atom. The number of ether oxygens (including phenoxy) is 1. The van der Waals surface area contributed by atoms with Gasteiger partial charge in [0.2, 0.25) is 0 Å². The highest BCUT2D eigenvalue weighted by molar-refractivity contribution is 6.21. The molecule has 1 aromatic carbocycles. The van der Waals surface area contributed by atoms with Gasteiger partial charge in [0.25, 0.3) is 17.7 Å². The van der Waals surface area contributed by atoms with E-state index in [4.69, 9.17) is 9.15 Å². The van der Waals surface area contributed by atoms with Crippen LogP contribution in [0.25, 0.3) is 0 Å². The average Bonchev–Trinajstić information content (AvgIpc) is 3.37. The van der Waals surface area contributed by atoms with E-state index in [0.29, 0.717) is 37.1 Å². The summed E-state index contributed by atoms with van der Waals surface area (Å²) in [4.78, 5) is 51.9. The molecule has 2 aliphatic rings. The minimum Gasteiger partial charge on any atom is -0.464 e. The van der Waals surface area contributed by atoms with Gasteiger partial charge in [0.15, 0.2) is 5.76 Å². The van der Waals surface area contributed by atoms with E-state index in [1.165, 1.54) is 6.26 Å². The molecular formula is C21H20N2O6. The number of nitrogens with zero attached hydrogens (tertiary/aromatic N) is 2. The zero-order valence-corrected chi connectivity index (χ0v) is 15.7. The second-order valence-electron chi connectivity index (χ2n) is 7.02. The van der Waals surface area contributed by atoms with Gasteiger partial charge in [-0.05, 0) is 37.1 Å². The summed E-state index contributed by atoms with van der Waals surface area (Å²) in [6.07, 6.45) is 2.45. The molecule has 3 heterocycles. The number of benzene rings is 1. The van der Waals surface area contributed by atoms with Crippen LogP contribution < -0.4 is 0 Å². The maximum absolute atomic E-state index is 12.3. The number of piperidine rings is 1. The molecule has 0 N–H and O–H groups in total. The maximum atomic E-state index is 12.3. The van der Waals surface area contributed by atoms with Gasteiger partial charge in [0.05, 0.1) is 29.9 Å². The summed E-state index contributed by atoms with van der Waals surface area (Å²) in [6, 6.07) is 9.90. The van der Waals surface area contributed by atoms with Crippen molar-refractivity contribution in [3.8, 4) is 0 Å². The molecule has 0 spiro atoms. The van der Waals surface area contributed by atoms with Gasteiger partial charge in [-0.15, -0.1) is 0 Å². The maximum Gasteiger partial charge on any atom is 0.309 e. The first kappa shape index (κ1) is 18.9. The SMILES string of the molecule is O=C(OCCN1C(=O)c2ccccc2C1=O)C1CCN(C(=O)c2ccco2)CC1. The number of rotatable bonds is 5. The molecule has 29 heavy (non-hydrogen) atoms. The van der Waals surface area contributed by atoms with Crippen LogP contribution in [-0.4, -0.2) is 59.7 Å². The molecule has 0 bridgehead atoms. The van der Waals surface area contributed by atoms with E-state index in [1.807, 2.05) is 0 Å². The van der Waals surface area contributed by atoms with E-state index in [0.717, 1.165) is 4.90 Å². The van der Waals surface area contributed by atoms with Crippen LogP contribution in [0.1, 0.15) is 44.1 Å². The molecule has 1 aromatic heterocycles. The summed E-state index contributed by atoms with van der Waals surface area (Å²) < 4.78 is 10.4. The lowest BCUT2D eigenvalue weighted by Crippen LogP contribution is -2.41. The topological polar surface area (TPSA) is 97.1 Å². The van der Waals surface area contributed by atoms with E-state index >= 15 is 0 Å². The molecule has 8 heteroatoms. The van der Waals surface area contributed by atoms with Crippen molar-refractivity contribution >= 4 is 23.7 Å². The molecule has 0 atom stereocenters. The monoisotopic (exact) mass is 396 g/mol. The zero-order chi connectivity index (χ0) is 20.4. The van der Waals surface area contributed by atoms with Gasteiger partial charge >= 0.3 is 5.97 Å². The summed E-state index contributed by atoms with van der Waals surface area (Å²) >= 11 is 0. The van der Waals surface area contributed by atoms with Crippen LogP contribution in [0, 0.1) is 5.92 Å². The van der Waals surface area contributed by atoms with Crippen LogP contribution in [0.5, 0.6) is 0 Å². The first-order valence-electron chi connectivity index (χ1n) is 9.51. The minimum absolute atomic E-state index is 0.0217. The molecule has 3 amide bonds. The van der Waals surface area contributed by atoms with Crippen molar-refractivity contribution in [1.82, 2.24) is 9.80 Å². The van der Waals surface area contributed by atoms with Gasteiger partial charge in [-0.2, -0.15) is 0 Å². The number of hydrogen-bond acceptors (Lipinski definition) is 6. The third kappa shape index (κ3) is 3.65. The molecule has 0 saturated carbocycles. The van der Waals surface area contributed by atoms with Crippen molar-refractivity contribution in [3.05, 3.63) is 59.5 Å². The van der Waals surface area contributed by atoms with Gasteiger partial charge in [-0.1, -0.05) is 12.1 Å². The number of carbonyl (C=O) groups excluding carboxylic acids is 4. The van der Waals surface area contributed by atoms with Crippen LogP contribution in [0.2, 0.25) is 0 Å². The minimum atomic E-state index is -0.369. The first-order chi connectivity index (χ1) is 14.1. The largest absolute Gasteiger partial charge is 0.464 e.